The van der Waals surface area contributed by atoms with Crippen LogP contribution in [0.1, 0.15) is 29.2 Å². The number of nitrogens with zero attached hydrogens (tertiary/aromatic N) is 2. The lowest BCUT2D eigenvalue weighted by atomic mass is 9.77. The first-order valence-electron chi connectivity index (χ1n) is 8.54. The first kappa shape index (κ1) is 16.1. The molecule has 1 heterocycles. The highest BCUT2D eigenvalue weighted by Crippen LogP contribution is 2.43. The van der Waals surface area contributed by atoms with Gasteiger partial charge in [0.2, 0.25) is 0 Å². The molecule has 0 radical (unpaired) electrons. The second kappa shape index (κ2) is 6.48. The van der Waals surface area contributed by atoms with Crippen molar-refractivity contribution in [1.82, 2.24) is 10.3 Å². The summed E-state index contributed by atoms with van der Waals surface area (Å²) in [5, 5.41) is 10.7. The van der Waals surface area contributed by atoms with Crippen molar-refractivity contribution in [2.75, 3.05) is 14.2 Å². The zero-order valence-corrected chi connectivity index (χ0v) is 15.2. The summed E-state index contributed by atoms with van der Waals surface area (Å²) in [4.78, 5) is 0. The predicted octanol–water partition coefficient (Wildman–Crippen LogP) is 3.52. The molecule has 4 nitrogen and oxygen atoms in total. The van der Waals surface area contributed by atoms with E-state index >= 15 is 0 Å². The summed E-state index contributed by atoms with van der Waals surface area (Å²) in [6, 6.07) is 16.9. The molecule has 128 valence electrons. The maximum absolute atomic E-state index is 5.54. The second-order valence-electron chi connectivity index (χ2n) is 6.41. The fourth-order valence-electron chi connectivity index (χ4n) is 3.88. The Labute approximate surface area is 153 Å². The number of rotatable bonds is 2. The molecule has 1 aliphatic carbocycles. The number of thiocarbonyl (C=S) groups is 1. The largest absolute Gasteiger partial charge is 0.497 e. The first-order chi connectivity index (χ1) is 12.2. The van der Waals surface area contributed by atoms with E-state index in [1.807, 2.05) is 24.2 Å². The van der Waals surface area contributed by atoms with E-state index in [1.165, 1.54) is 16.7 Å². The van der Waals surface area contributed by atoms with Crippen LogP contribution in [0, 0.1) is 5.92 Å². The summed E-state index contributed by atoms with van der Waals surface area (Å²) in [7, 11) is 3.54. The molecule has 2 aliphatic rings. The number of hydrazone groups is 1. The molecule has 25 heavy (non-hydrogen) atoms. The van der Waals surface area contributed by atoms with Crippen molar-refractivity contribution in [2.24, 2.45) is 11.0 Å². The minimum atomic E-state index is 0.120. The molecule has 0 unspecified atom stereocenters. The van der Waals surface area contributed by atoms with Gasteiger partial charge in [0.1, 0.15) is 5.75 Å². The van der Waals surface area contributed by atoms with E-state index in [-0.39, 0.29) is 6.04 Å². The van der Waals surface area contributed by atoms with Crippen LogP contribution >= 0.6 is 12.2 Å². The van der Waals surface area contributed by atoms with E-state index in [2.05, 4.69) is 41.7 Å². The Kier molecular flexibility index (Phi) is 4.17. The maximum atomic E-state index is 5.54. The van der Waals surface area contributed by atoms with Gasteiger partial charge in [0, 0.05) is 18.5 Å². The number of benzene rings is 2. The van der Waals surface area contributed by atoms with Crippen LogP contribution in [0.25, 0.3) is 0 Å². The van der Waals surface area contributed by atoms with Crippen LogP contribution in [-0.2, 0) is 6.42 Å². The van der Waals surface area contributed by atoms with Crippen LogP contribution < -0.4 is 10.1 Å². The van der Waals surface area contributed by atoms with Crippen LogP contribution in [0.5, 0.6) is 5.75 Å². The van der Waals surface area contributed by atoms with Gasteiger partial charge in [-0.3, -0.25) is 0 Å². The molecule has 0 fully saturated rings. The molecule has 0 saturated carbocycles. The normalized spacial score (nSPS) is 21.2. The van der Waals surface area contributed by atoms with Crippen LogP contribution in [-0.4, -0.2) is 30.0 Å². The van der Waals surface area contributed by atoms with Gasteiger partial charge in [0.05, 0.1) is 18.9 Å². The first-order valence-corrected chi connectivity index (χ1v) is 8.95. The fourth-order valence-corrected chi connectivity index (χ4v) is 4.04. The molecule has 4 rings (SSSR count). The number of fused-ring (bicyclic) bond motifs is 3. The van der Waals surface area contributed by atoms with Gasteiger partial charge in [-0.25, -0.2) is 5.01 Å². The molecular weight excluding hydrogens is 330 g/mol. The van der Waals surface area contributed by atoms with Gasteiger partial charge in [0.25, 0.3) is 0 Å². The minimum Gasteiger partial charge on any atom is -0.497 e. The van der Waals surface area contributed by atoms with E-state index in [9.17, 15) is 0 Å². The van der Waals surface area contributed by atoms with Crippen molar-refractivity contribution in [1.29, 1.82) is 0 Å². The molecule has 2 aromatic rings. The standard InChI is InChI=1S/C20H21N3OS/c1-21-20(25)23-19(14-7-10-15(24-2)11-8-14)17-12-9-13-5-3-4-6-16(13)18(17)22-23/h3-8,10-11,17,19H,9,12H2,1-2H3,(H,21,25)/t17-,19+/m0/s1. The van der Waals surface area contributed by atoms with Gasteiger partial charge in [-0.1, -0.05) is 36.4 Å². The quantitative estimate of drug-likeness (QED) is 0.840. The minimum absolute atomic E-state index is 0.120. The van der Waals surface area contributed by atoms with Crippen LogP contribution in [0.2, 0.25) is 0 Å². The molecule has 0 saturated heterocycles. The van der Waals surface area contributed by atoms with Crippen molar-refractivity contribution in [2.45, 2.75) is 18.9 Å². The summed E-state index contributed by atoms with van der Waals surface area (Å²) in [5.41, 5.74) is 5.00. The molecule has 2 atom stereocenters. The van der Waals surface area contributed by atoms with E-state index in [0.29, 0.717) is 11.0 Å². The second-order valence-corrected chi connectivity index (χ2v) is 6.79. The van der Waals surface area contributed by atoms with Crippen molar-refractivity contribution < 1.29 is 4.74 Å². The SMILES string of the molecule is CNC(=S)N1N=C2c3ccccc3CC[C@@H]2[C@H]1c1ccc(OC)cc1. The maximum Gasteiger partial charge on any atom is 0.189 e. The zero-order chi connectivity index (χ0) is 17.4. The van der Waals surface area contributed by atoms with Gasteiger partial charge in [-0.05, 0) is 48.3 Å². The monoisotopic (exact) mass is 351 g/mol. The average molecular weight is 351 g/mol. The Morgan fingerprint density at radius 2 is 1.96 bits per heavy atom. The van der Waals surface area contributed by atoms with Crippen molar-refractivity contribution in [3.63, 3.8) is 0 Å². The molecule has 5 heteroatoms. The van der Waals surface area contributed by atoms with Crippen molar-refractivity contribution in [3.8, 4) is 5.75 Å². The number of ether oxygens (including phenoxy) is 1. The molecule has 1 aliphatic heterocycles. The van der Waals surface area contributed by atoms with Gasteiger partial charge in [0.15, 0.2) is 5.11 Å². The summed E-state index contributed by atoms with van der Waals surface area (Å²) in [6.45, 7) is 0. The molecule has 2 aromatic carbocycles. The number of aryl methyl sites for hydroxylation is 1. The van der Waals surface area contributed by atoms with E-state index < -0.39 is 0 Å². The number of methoxy groups -OCH3 is 1. The molecule has 0 spiro atoms. The number of hydrogen-bond donors (Lipinski definition) is 1. The number of nitrogens with one attached hydrogen (secondary N) is 1. The summed E-state index contributed by atoms with van der Waals surface area (Å²) in [5.74, 6) is 1.20. The van der Waals surface area contributed by atoms with Crippen LogP contribution in [0.4, 0.5) is 0 Å². The van der Waals surface area contributed by atoms with Crippen molar-refractivity contribution in [3.05, 3.63) is 65.2 Å². The lowest BCUT2D eigenvalue weighted by Crippen LogP contribution is -2.37. The lowest BCUT2D eigenvalue weighted by molar-refractivity contribution is 0.305. The third-order valence-electron chi connectivity index (χ3n) is 5.11. The van der Waals surface area contributed by atoms with Gasteiger partial charge in [-0.15, -0.1) is 0 Å². The van der Waals surface area contributed by atoms with E-state index in [4.69, 9.17) is 22.1 Å². The van der Waals surface area contributed by atoms with Gasteiger partial charge in [-0.2, -0.15) is 5.10 Å². The zero-order valence-electron chi connectivity index (χ0n) is 14.4. The van der Waals surface area contributed by atoms with Crippen molar-refractivity contribution >= 4 is 23.0 Å². The van der Waals surface area contributed by atoms with Crippen LogP contribution in [0.3, 0.4) is 0 Å². The Hall–Kier alpha value is -2.40. The summed E-state index contributed by atoms with van der Waals surface area (Å²) < 4.78 is 5.30. The Morgan fingerprint density at radius 1 is 1.20 bits per heavy atom. The summed E-state index contributed by atoms with van der Waals surface area (Å²) in [6.07, 6.45) is 2.15. The molecule has 0 amide bonds. The highest BCUT2D eigenvalue weighted by molar-refractivity contribution is 7.80. The highest BCUT2D eigenvalue weighted by atomic mass is 32.1. The van der Waals surface area contributed by atoms with Crippen LogP contribution in [0.15, 0.2) is 53.6 Å². The van der Waals surface area contributed by atoms with E-state index in [0.717, 1.165) is 24.3 Å². The lowest BCUT2D eigenvalue weighted by Gasteiger charge is -2.30. The Morgan fingerprint density at radius 3 is 2.68 bits per heavy atom. The third kappa shape index (κ3) is 2.68. The summed E-state index contributed by atoms with van der Waals surface area (Å²) >= 11 is 5.54. The average Bonchev–Trinajstić information content (AvgIpc) is 3.07. The Bertz CT molecular complexity index is 831. The molecule has 0 bridgehead atoms. The topological polar surface area (TPSA) is 36.9 Å². The Balaban J connectivity index is 1.77. The highest BCUT2D eigenvalue weighted by Gasteiger charge is 2.42. The molecular formula is C20H21N3OS. The van der Waals surface area contributed by atoms with Gasteiger partial charge < -0.3 is 10.1 Å². The van der Waals surface area contributed by atoms with E-state index in [1.54, 1.807) is 7.11 Å². The molecule has 1 N–H and O–H groups in total. The third-order valence-corrected chi connectivity index (χ3v) is 5.50. The fraction of sp³-hybridized carbons (Fsp3) is 0.300. The van der Waals surface area contributed by atoms with Gasteiger partial charge >= 0.3 is 0 Å². The predicted molar refractivity (Wildman–Crippen MR) is 104 cm³/mol. The molecule has 0 aromatic heterocycles. The number of hydrogen-bond acceptors (Lipinski definition) is 3. The smallest absolute Gasteiger partial charge is 0.189 e.